The molecular formula is C13H19N3O3. The number of nitrogens with two attached hydrogens (primary N) is 1. The maximum absolute atomic E-state index is 11.6. The lowest BCUT2D eigenvalue weighted by molar-refractivity contribution is -0.120. The zero-order valence-corrected chi connectivity index (χ0v) is 11.1. The normalized spacial score (nSPS) is 11.7. The van der Waals surface area contributed by atoms with Crippen LogP contribution >= 0.6 is 0 Å². The Morgan fingerprint density at radius 3 is 2.21 bits per heavy atom. The Balaban J connectivity index is 2.56. The maximum Gasteiger partial charge on any atom is 0.250 e. The number of hydrogen-bond donors (Lipinski definition) is 3. The van der Waals surface area contributed by atoms with Crippen LogP contribution in [0.5, 0.6) is 0 Å². The van der Waals surface area contributed by atoms with E-state index in [1.165, 1.54) is 7.11 Å². The summed E-state index contributed by atoms with van der Waals surface area (Å²) < 4.78 is 4.71. The van der Waals surface area contributed by atoms with Crippen LogP contribution in [0.3, 0.4) is 0 Å². The van der Waals surface area contributed by atoms with E-state index in [4.69, 9.17) is 10.5 Å². The summed E-state index contributed by atoms with van der Waals surface area (Å²) in [5.74, 6) is -0.587. The van der Waals surface area contributed by atoms with Crippen LogP contribution in [0, 0.1) is 5.92 Å². The second-order valence-corrected chi connectivity index (χ2v) is 4.18. The molecule has 4 N–H and O–H groups in total. The zero-order valence-electron chi connectivity index (χ0n) is 11.1. The number of rotatable bonds is 6. The summed E-state index contributed by atoms with van der Waals surface area (Å²) in [6.45, 7) is 2.07. The predicted molar refractivity (Wildman–Crippen MR) is 73.8 cm³/mol. The highest BCUT2D eigenvalue weighted by atomic mass is 16.5. The second-order valence-electron chi connectivity index (χ2n) is 4.18. The fourth-order valence-corrected chi connectivity index (χ4v) is 1.34. The van der Waals surface area contributed by atoms with Gasteiger partial charge in [0, 0.05) is 30.9 Å². The zero-order chi connectivity index (χ0) is 14.3. The Hall–Kier alpha value is -1.92. The molecule has 0 spiro atoms. The summed E-state index contributed by atoms with van der Waals surface area (Å²) >= 11 is 0. The van der Waals surface area contributed by atoms with Gasteiger partial charge in [-0.15, -0.1) is 0 Å². The van der Waals surface area contributed by atoms with E-state index in [9.17, 15) is 9.59 Å². The van der Waals surface area contributed by atoms with Crippen molar-refractivity contribution in [3.63, 3.8) is 0 Å². The van der Waals surface area contributed by atoms with Crippen molar-refractivity contribution in [3.8, 4) is 0 Å². The fraction of sp³-hybridized carbons (Fsp3) is 0.385. The van der Waals surface area contributed by atoms with E-state index >= 15 is 0 Å². The fourth-order valence-electron chi connectivity index (χ4n) is 1.34. The number of carbonyl (C=O) groups is 2. The van der Waals surface area contributed by atoms with Crippen molar-refractivity contribution in [2.45, 2.75) is 6.92 Å². The summed E-state index contributed by atoms with van der Waals surface area (Å²) in [6.07, 6.45) is 0. The molecule has 1 aromatic rings. The first-order chi connectivity index (χ1) is 9.06. The molecule has 104 valence electrons. The van der Waals surface area contributed by atoms with Crippen LogP contribution in [0.15, 0.2) is 24.3 Å². The molecule has 0 radical (unpaired) electrons. The third kappa shape index (κ3) is 5.07. The highest BCUT2D eigenvalue weighted by molar-refractivity contribution is 5.94. The van der Waals surface area contributed by atoms with Gasteiger partial charge in [-0.1, -0.05) is 6.92 Å². The Kier molecular flexibility index (Phi) is 5.98. The van der Waals surface area contributed by atoms with E-state index in [1.807, 2.05) is 0 Å². The molecule has 6 nitrogen and oxygen atoms in total. The summed E-state index contributed by atoms with van der Waals surface area (Å²) in [7, 11) is 1.46. The molecule has 0 bridgehead atoms. The minimum Gasteiger partial charge on any atom is -0.375 e. The molecule has 0 fully saturated rings. The SMILES string of the molecule is COCC(=O)Nc1ccc(NC(=O)C(C)CN)cc1. The number of ether oxygens (including phenoxy) is 1. The van der Waals surface area contributed by atoms with Crippen LogP contribution in [-0.4, -0.2) is 32.1 Å². The van der Waals surface area contributed by atoms with Crippen LogP contribution < -0.4 is 16.4 Å². The minimum absolute atomic E-state index is 0.00645. The number of benzene rings is 1. The standard InChI is InChI=1S/C13H19N3O3/c1-9(7-14)13(18)16-11-5-3-10(4-6-11)15-12(17)8-19-2/h3-6,9H,7-8,14H2,1-2H3,(H,15,17)(H,16,18). The van der Waals surface area contributed by atoms with Gasteiger partial charge in [0.15, 0.2) is 0 Å². The van der Waals surface area contributed by atoms with E-state index in [0.717, 1.165) is 0 Å². The second kappa shape index (κ2) is 7.50. The maximum atomic E-state index is 11.6. The monoisotopic (exact) mass is 265 g/mol. The molecule has 1 aromatic carbocycles. The third-order valence-electron chi connectivity index (χ3n) is 2.51. The van der Waals surface area contributed by atoms with Crippen molar-refractivity contribution < 1.29 is 14.3 Å². The minimum atomic E-state index is -0.235. The predicted octanol–water partition coefficient (Wildman–Crippen LogP) is 0.805. The van der Waals surface area contributed by atoms with E-state index in [-0.39, 0.29) is 24.3 Å². The third-order valence-corrected chi connectivity index (χ3v) is 2.51. The number of carbonyl (C=O) groups excluding carboxylic acids is 2. The summed E-state index contributed by atoms with van der Waals surface area (Å²) in [4.78, 5) is 22.9. The van der Waals surface area contributed by atoms with E-state index in [0.29, 0.717) is 17.9 Å². The Morgan fingerprint density at radius 2 is 1.74 bits per heavy atom. The van der Waals surface area contributed by atoms with Gasteiger partial charge in [0.2, 0.25) is 11.8 Å². The lowest BCUT2D eigenvalue weighted by Gasteiger charge is -2.10. The van der Waals surface area contributed by atoms with Crippen molar-refractivity contribution in [1.29, 1.82) is 0 Å². The number of nitrogens with one attached hydrogen (secondary N) is 2. The van der Waals surface area contributed by atoms with Crippen molar-refractivity contribution in [1.82, 2.24) is 0 Å². The first-order valence-electron chi connectivity index (χ1n) is 5.96. The van der Waals surface area contributed by atoms with Crippen LogP contribution in [0.4, 0.5) is 11.4 Å². The van der Waals surface area contributed by atoms with Crippen LogP contribution in [0.25, 0.3) is 0 Å². The smallest absolute Gasteiger partial charge is 0.250 e. The van der Waals surface area contributed by atoms with Gasteiger partial charge >= 0.3 is 0 Å². The van der Waals surface area contributed by atoms with Gasteiger partial charge in [0.25, 0.3) is 0 Å². The number of hydrogen-bond acceptors (Lipinski definition) is 4. The first kappa shape index (κ1) is 15.1. The van der Waals surface area contributed by atoms with Crippen LogP contribution in [0.2, 0.25) is 0 Å². The summed E-state index contributed by atoms with van der Waals surface area (Å²) in [6, 6.07) is 6.83. The van der Waals surface area contributed by atoms with Crippen LogP contribution in [0.1, 0.15) is 6.92 Å². The largest absolute Gasteiger partial charge is 0.375 e. The molecule has 0 aliphatic rings. The average Bonchev–Trinajstić information content (AvgIpc) is 2.40. The molecule has 0 aromatic heterocycles. The molecule has 1 atom stereocenters. The van der Waals surface area contributed by atoms with Crippen LogP contribution in [-0.2, 0) is 14.3 Å². The number of amides is 2. The molecule has 0 saturated heterocycles. The van der Waals surface area contributed by atoms with Gasteiger partial charge in [-0.25, -0.2) is 0 Å². The molecule has 6 heteroatoms. The Labute approximate surface area is 112 Å². The van der Waals surface area contributed by atoms with Gasteiger partial charge in [-0.3, -0.25) is 9.59 Å². The van der Waals surface area contributed by atoms with Gasteiger partial charge < -0.3 is 21.1 Å². The lowest BCUT2D eigenvalue weighted by atomic mass is 10.1. The van der Waals surface area contributed by atoms with Crippen molar-refractivity contribution >= 4 is 23.2 Å². The summed E-state index contributed by atoms with van der Waals surface area (Å²) in [5.41, 5.74) is 6.72. The number of anilines is 2. The van der Waals surface area contributed by atoms with Gasteiger partial charge in [0.1, 0.15) is 6.61 Å². The molecular weight excluding hydrogens is 246 g/mol. The topological polar surface area (TPSA) is 93.5 Å². The lowest BCUT2D eigenvalue weighted by Crippen LogP contribution is -2.26. The van der Waals surface area contributed by atoms with Gasteiger partial charge in [-0.2, -0.15) is 0 Å². The summed E-state index contributed by atoms with van der Waals surface area (Å²) in [5, 5.41) is 5.40. The first-order valence-corrected chi connectivity index (χ1v) is 5.96. The van der Waals surface area contributed by atoms with Crippen molar-refractivity contribution in [3.05, 3.63) is 24.3 Å². The highest BCUT2D eigenvalue weighted by Gasteiger charge is 2.10. The van der Waals surface area contributed by atoms with Crippen molar-refractivity contribution in [2.75, 3.05) is 30.9 Å². The van der Waals surface area contributed by atoms with Gasteiger partial charge in [0.05, 0.1) is 0 Å². The Bertz CT molecular complexity index is 431. The molecule has 0 saturated carbocycles. The Morgan fingerprint density at radius 1 is 1.21 bits per heavy atom. The van der Waals surface area contributed by atoms with E-state index < -0.39 is 0 Å². The van der Waals surface area contributed by atoms with E-state index in [1.54, 1.807) is 31.2 Å². The van der Waals surface area contributed by atoms with Gasteiger partial charge in [-0.05, 0) is 24.3 Å². The quantitative estimate of drug-likeness (QED) is 0.709. The average molecular weight is 265 g/mol. The molecule has 1 unspecified atom stereocenters. The molecule has 0 aliphatic carbocycles. The molecule has 19 heavy (non-hydrogen) atoms. The highest BCUT2D eigenvalue weighted by Crippen LogP contribution is 2.14. The molecule has 2 amide bonds. The molecule has 0 aliphatic heterocycles. The van der Waals surface area contributed by atoms with Crippen molar-refractivity contribution in [2.24, 2.45) is 11.7 Å². The molecule has 1 rings (SSSR count). The number of methoxy groups -OCH3 is 1. The van der Waals surface area contributed by atoms with E-state index in [2.05, 4.69) is 10.6 Å². The molecule has 0 heterocycles.